The summed E-state index contributed by atoms with van der Waals surface area (Å²) in [5.74, 6) is -0.111. The van der Waals surface area contributed by atoms with Gasteiger partial charge in [0.1, 0.15) is 0 Å². The summed E-state index contributed by atoms with van der Waals surface area (Å²) < 4.78 is 4.88. The first-order valence-electron chi connectivity index (χ1n) is 7.50. The van der Waals surface area contributed by atoms with Gasteiger partial charge in [0, 0.05) is 19.0 Å². The molecule has 0 heterocycles. The molecule has 0 aromatic carbocycles. The Hall–Kier alpha value is -1.57. The third-order valence-corrected chi connectivity index (χ3v) is 3.65. The molecule has 1 amide bonds. The van der Waals surface area contributed by atoms with E-state index in [1.807, 2.05) is 0 Å². The molecule has 1 rings (SSSR count). The Morgan fingerprint density at radius 3 is 2.55 bits per heavy atom. The molecule has 0 aromatic heterocycles. The molecule has 0 bridgehead atoms. The molecule has 0 atom stereocenters. The third kappa shape index (κ3) is 5.60. The van der Waals surface area contributed by atoms with Gasteiger partial charge in [0.2, 0.25) is 5.91 Å². The molecule has 0 spiro atoms. The molecule has 1 aliphatic carbocycles. The van der Waals surface area contributed by atoms with Gasteiger partial charge in [-0.05, 0) is 19.8 Å². The van der Waals surface area contributed by atoms with Crippen molar-refractivity contribution < 1.29 is 14.3 Å². The first kappa shape index (κ1) is 16.5. The topological polar surface area (TPSA) is 70.4 Å². The van der Waals surface area contributed by atoms with Crippen molar-refractivity contribution >= 4 is 11.9 Å². The van der Waals surface area contributed by atoms with E-state index in [4.69, 9.17) is 10.00 Å². The van der Waals surface area contributed by atoms with Gasteiger partial charge in [-0.15, -0.1) is 0 Å². The highest BCUT2D eigenvalue weighted by Gasteiger charge is 2.26. The van der Waals surface area contributed by atoms with Crippen molar-refractivity contribution in [3.63, 3.8) is 0 Å². The van der Waals surface area contributed by atoms with Gasteiger partial charge >= 0.3 is 5.97 Å². The van der Waals surface area contributed by atoms with E-state index in [0.29, 0.717) is 26.1 Å². The van der Waals surface area contributed by atoms with Crippen molar-refractivity contribution in [2.75, 3.05) is 19.7 Å². The number of nitriles is 1. The van der Waals surface area contributed by atoms with E-state index in [2.05, 4.69) is 6.07 Å². The van der Waals surface area contributed by atoms with Crippen LogP contribution in [0.2, 0.25) is 0 Å². The average molecular weight is 280 g/mol. The second-order valence-corrected chi connectivity index (χ2v) is 5.12. The highest BCUT2D eigenvalue weighted by molar-refractivity contribution is 5.79. The molecule has 0 N–H and O–H groups in total. The van der Waals surface area contributed by atoms with Crippen LogP contribution >= 0.6 is 0 Å². The highest BCUT2D eigenvalue weighted by Crippen LogP contribution is 2.25. The van der Waals surface area contributed by atoms with Crippen molar-refractivity contribution in [1.29, 1.82) is 5.26 Å². The lowest BCUT2D eigenvalue weighted by Gasteiger charge is -2.28. The van der Waals surface area contributed by atoms with Crippen LogP contribution in [0.25, 0.3) is 0 Å². The van der Waals surface area contributed by atoms with Gasteiger partial charge in [0.25, 0.3) is 0 Å². The standard InChI is InChI=1S/C15H24N2O3/c1-2-20-14(18)9-12-17(11-6-10-16)15(19)13-7-4-3-5-8-13/h13H,2-9,11-12H2,1H3. The van der Waals surface area contributed by atoms with Gasteiger partial charge in [0.05, 0.1) is 25.5 Å². The summed E-state index contributed by atoms with van der Waals surface area (Å²) in [6.45, 7) is 2.88. The van der Waals surface area contributed by atoms with Crippen molar-refractivity contribution in [2.45, 2.75) is 51.9 Å². The van der Waals surface area contributed by atoms with Crippen LogP contribution in [0.4, 0.5) is 0 Å². The number of rotatable bonds is 7. The molecule has 20 heavy (non-hydrogen) atoms. The lowest BCUT2D eigenvalue weighted by molar-refractivity contribution is -0.144. The van der Waals surface area contributed by atoms with Gasteiger partial charge in [-0.2, -0.15) is 5.26 Å². The molecular formula is C15H24N2O3. The molecule has 1 aliphatic rings. The van der Waals surface area contributed by atoms with E-state index < -0.39 is 0 Å². The zero-order chi connectivity index (χ0) is 14.8. The Bertz CT molecular complexity index is 357. The molecule has 0 aromatic rings. The largest absolute Gasteiger partial charge is 0.466 e. The van der Waals surface area contributed by atoms with Gasteiger partial charge < -0.3 is 9.64 Å². The smallest absolute Gasteiger partial charge is 0.307 e. The first-order valence-corrected chi connectivity index (χ1v) is 7.50. The Morgan fingerprint density at radius 2 is 1.95 bits per heavy atom. The van der Waals surface area contributed by atoms with Crippen LogP contribution in [0.1, 0.15) is 51.9 Å². The van der Waals surface area contributed by atoms with Crippen LogP contribution in [0.15, 0.2) is 0 Å². The minimum atomic E-state index is -0.286. The van der Waals surface area contributed by atoms with Crippen molar-refractivity contribution in [1.82, 2.24) is 4.90 Å². The Balaban J connectivity index is 2.51. The lowest BCUT2D eigenvalue weighted by Crippen LogP contribution is -2.39. The number of carbonyl (C=O) groups excluding carboxylic acids is 2. The minimum absolute atomic E-state index is 0.0737. The number of amides is 1. The summed E-state index contributed by atoms with van der Waals surface area (Å²) in [5.41, 5.74) is 0. The monoisotopic (exact) mass is 280 g/mol. The first-order chi connectivity index (χ1) is 9.69. The summed E-state index contributed by atoms with van der Waals surface area (Å²) in [6.07, 6.45) is 5.77. The maximum Gasteiger partial charge on any atom is 0.307 e. The van der Waals surface area contributed by atoms with Crippen LogP contribution in [0, 0.1) is 17.2 Å². The molecule has 0 aliphatic heterocycles. The van der Waals surface area contributed by atoms with Crippen LogP contribution in [-0.2, 0) is 14.3 Å². The normalized spacial score (nSPS) is 15.4. The molecule has 5 heteroatoms. The summed E-state index contributed by atoms with van der Waals surface area (Å²) >= 11 is 0. The number of ether oxygens (including phenoxy) is 1. The number of esters is 1. The fraction of sp³-hybridized carbons (Fsp3) is 0.800. The Labute approximate surface area is 120 Å². The summed E-state index contributed by atoms with van der Waals surface area (Å²) in [6, 6.07) is 2.06. The van der Waals surface area contributed by atoms with Gasteiger partial charge in [0.15, 0.2) is 0 Å². The second kappa shape index (κ2) is 9.35. The van der Waals surface area contributed by atoms with Crippen molar-refractivity contribution in [2.24, 2.45) is 5.92 Å². The fourth-order valence-electron chi connectivity index (χ4n) is 2.58. The molecule has 1 fully saturated rings. The van der Waals surface area contributed by atoms with Crippen molar-refractivity contribution in [3.8, 4) is 6.07 Å². The summed E-state index contributed by atoms with van der Waals surface area (Å²) in [5, 5.41) is 8.69. The fourth-order valence-corrected chi connectivity index (χ4v) is 2.58. The highest BCUT2D eigenvalue weighted by atomic mass is 16.5. The van der Waals surface area contributed by atoms with Crippen LogP contribution < -0.4 is 0 Å². The zero-order valence-corrected chi connectivity index (χ0v) is 12.3. The number of carbonyl (C=O) groups is 2. The van der Waals surface area contributed by atoms with Crippen LogP contribution in [0.5, 0.6) is 0 Å². The third-order valence-electron chi connectivity index (χ3n) is 3.65. The van der Waals surface area contributed by atoms with E-state index >= 15 is 0 Å². The molecule has 5 nitrogen and oxygen atoms in total. The Morgan fingerprint density at radius 1 is 1.25 bits per heavy atom. The van der Waals surface area contributed by atoms with Crippen LogP contribution in [0.3, 0.4) is 0 Å². The van der Waals surface area contributed by atoms with Gasteiger partial charge in [-0.3, -0.25) is 9.59 Å². The number of hydrogen-bond donors (Lipinski definition) is 0. The molecule has 0 radical (unpaired) electrons. The number of hydrogen-bond acceptors (Lipinski definition) is 4. The van der Waals surface area contributed by atoms with Crippen molar-refractivity contribution in [3.05, 3.63) is 0 Å². The molecule has 0 saturated heterocycles. The quantitative estimate of drug-likeness (QED) is 0.671. The van der Waals surface area contributed by atoms with E-state index in [0.717, 1.165) is 25.7 Å². The molecular weight excluding hydrogens is 256 g/mol. The minimum Gasteiger partial charge on any atom is -0.466 e. The van der Waals surface area contributed by atoms with Gasteiger partial charge in [-0.1, -0.05) is 19.3 Å². The summed E-state index contributed by atoms with van der Waals surface area (Å²) in [4.78, 5) is 25.5. The summed E-state index contributed by atoms with van der Waals surface area (Å²) in [7, 11) is 0. The zero-order valence-electron chi connectivity index (χ0n) is 12.3. The average Bonchev–Trinajstić information content (AvgIpc) is 2.48. The molecule has 0 unspecified atom stereocenters. The van der Waals surface area contributed by atoms with Gasteiger partial charge in [-0.25, -0.2) is 0 Å². The second-order valence-electron chi connectivity index (χ2n) is 5.12. The molecule has 112 valence electrons. The molecule has 1 saturated carbocycles. The van der Waals surface area contributed by atoms with E-state index in [9.17, 15) is 9.59 Å². The number of nitrogens with zero attached hydrogens (tertiary/aromatic N) is 2. The van der Waals surface area contributed by atoms with Crippen LogP contribution in [-0.4, -0.2) is 36.5 Å². The Kier molecular flexibility index (Phi) is 7.71. The maximum atomic E-state index is 12.4. The van der Waals surface area contributed by atoms with E-state index in [1.54, 1.807) is 11.8 Å². The lowest BCUT2D eigenvalue weighted by atomic mass is 9.88. The van der Waals surface area contributed by atoms with E-state index in [-0.39, 0.29) is 24.2 Å². The van der Waals surface area contributed by atoms with E-state index in [1.165, 1.54) is 6.42 Å². The predicted molar refractivity (Wildman–Crippen MR) is 74.6 cm³/mol. The maximum absolute atomic E-state index is 12.4. The predicted octanol–water partition coefficient (Wildman–Crippen LogP) is 2.26. The SMILES string of the molecule is CCOC(=O)CCN(CCC#N)C(=O)C1CCCCC1.